The molecule has 2 heterocycles. The number of halogens is 2. The molecule has 0 aliphatic carbocycles. The summed E-state index contributed by atoms with van der Waals surface area (Å²) in [5, 5.41) is 11.1. The summed E-state index contributed by atoms with van der Waals surface area (Å²) in [5.74, 6) is -1.78. The molecule has 124 valence electrons. The summed E-state index contributed by atoms with van der Waals surface area (Å²) < 4.78 is 32.4. The third kappa shape index (κ3) is 3.31. The van der Waals surface area contributed by atoms with Crippen molar-refractivity contribution in [1.82, 2.24) is 15.2 Å². The minimum atomic E-state index is -0.722. The number of methoxy groups -OCH3 is 1. The SMILES string of the molecule is COCc1nc(C(=O)Nc2cc(-c3c(F)cccc3F)[nH]n2)cs1. The molecule has 0 bridgehead atoms. The first-order valence-electron chi connectivity index (χ1n) is 6.83. The van der Waals surface area contributed by atoms with Crippen LogP contribution in [0, 0.1) is 11.6 Å². The number of carbonyl (C=O) groups is 1. The highest BCUT2D eigenvalue weighted by Gasteiger charge is 2.16. The van der Waals surface area contributed by atoms with Crippen LogP contribution >= 0.6 is 11.3 Å². The Kier molecular flexibility index (Phi) is 4.63. The Balaban J connectivity index is 1.77. The van der Waals surface area contributed by atoms with Crippen molar-refractivity contribution in [2.75, 3.05) is 12.4 Å². The van der Waals surface area contributed by atoms with Crippen molar-refractivity contribution >= 4 is 23.1 Å². The molecule has 1 aromatic carbocycles. The van der Waals surface area contributed by atoms with Crippen molar-refractivity contribution in [1.29, 1.82) is 0 Å². The van der Waals surface area contributed by atoms with Crippen LogP contribution < -0.4 is 5.32 Å². The van der Waals surface area contributed by atoms with Crippen LogP contribution in [-0.2, 0) is 11.3 Å². The average Bonchev–Trinajstić information content (AvgIpc) is 3.17. The largest absolute Gasteiger partial charge is 0.378 e. The van der Waals surface area contributed by atoms with Crippen LogP contribution in [0.25, 0.3) is 11.3 Å². The van der Waals surface area contributed by atoms with Gasteiger partial charge in [-0.3, -0.25) is 9.89 Å². The van der Waals surface area contributed by atoms with Crippen LogP contribution in [0.5, 0.6) is 0 Å². The van der Waals surface area contributed by atoms with Gasteiger partial charge in [0.25, 0.3) is 5.91 Å². The van der Waals surface area contributed by atoms with Crippen molar-refractivity contribution in [3.8, 4) is 11.3 Å². The van der Waals surface area contributed by atoms with E-state index in [1.54, 1.807) is 5.38 Å². The summed E-state index contributed by atoms with van der Waals surface area (Å²) in [6, 6.07) is 4.91. The monoisotopic (exact) mass is 350 g/mol. The van der Waals surface area contributed by atoms with E-state index in [2.05, 4.69) is 20.5 Å². The Morgan fingerprint density at radius 2 is 2.12 bits per heavy atom. The van der Waals surface area contributed by atoms with E-state index in [0.29, 0.717) is 11.6 Å². The van der Waals surface area contributed by atoms with Gasteiger partial charge in [-0.2, -0.15) is 5.10 Å². The first-order chi connectivity index (χ1) is 11.6. The van der Waals surface area contributed by atoms with E-state index in [1.807, 2.05) is 0 Å². The molecule has 0 spiro atoms. The fourth-order valence-corrected chi connectivity index (χ4v) is 2.80. The van der Waals surface area contributed by atoms with Gasteiger partial charge in [-0.1, -0.05) is 6.07 Å². The molecule has 0 radical (unpaired) electrons. The third-order valence-electron chi connectivity index (χ3n) is 3.10. The second kappa shape index (κ2) is 6.85. The highest BCUT2D eigenvalue weighted by atomic mass is 32.1. The molecule has 0 saturated carbocycles. The second-order valence-electron chi connectivity index (χ2n) is 4.78. The maximum atomic E-state index is 13.8. The number of hydrogen-bond donors (Lipinski definition) is 2. The van der Waals surface area contributed by atoms with E-state index >= 15 is 0 Å². The Labute approximate surface area is 139 Å². The molecule has 2 N–H and O–H groups in total. The lowest BCUT2D eigenvalue weighted by molar-refractivity contribution is 0.102. The average molecular weight is 350 g/mol. The normalized spacial score (nSPS) is 10.8. The quantitative estimate of drug-likeness (QED) is 0.740. The van der Waals surface area contributed by atoms with Gasteiger partial charge in [0.05, 0.1) is 17.9 Å². The van der Waals surface area contributed by atoms with Gasteiger partial charge in [-0.05, 0) is 12.1 Å². The second-order valence-corrected chi connectivity index (χ2v) is 5.72. The number of carbonyl (C=O) groups excluding carboxylic acids is 1. The van der Waals surface area contributed by atoms with E-state index in [9.17, 15) is 13.6 Å². The van der Waals surface area contributed by atoms with Gasteiger partial charge < -0.3 is 10.1 Å². The van der Waals surface area contributed by atoms with E-state index in [-0.39, 0.29) is 22.8 Å². The Hall–Kier alpha value is -2.65. The molecule has 3 aromatic rings. The van der Waals surface area contributed by atoms with Gasteiger partial charge in [0, 0.05) is 18.6 Å². The number of aromatic amines is 1. The number of nitrogens with zero attached hydrogens (tertiary/aromatic N) is 2. The van der Waals surface area contributed by atoms with Crippen molar-refractivity contribution in [2.45, 2.75) is 6.61 Å². The van der Waals surface area contributed by atoms with Gasteiger partial charge in [0.2, 0.25) is 0 Å². The molecule has 0 aliphatic heterocycles. The first kappa shape index (κ1) is 16.2. The molecule has 0 fully saturated rings. The topological polar surface area (TPSA) is 79.9 Å². The number of aromatic nitrogens is 3. The molecule has 3 rings (SSSR count). The fourth-order valence-electron chi connectivity index (χ4n) is 2.05. The zero-order valence-electron chi connectivity index (χ0n) is 12.5. The van der Waals surface area contributed by atoms with Gasteiger partial charge in [-0.25, -0.2) is 13.8 Å². The summed E-state index contributed by atoms with van der Waals surface area (Å²) in [4.78, 5) is 16.2. The van der Waals surface area contributed by atoms with E-state index in [4.69, 9.17) is 4.74 Å². The van der Waals surface area contributed by atoms with Crippen LogP contribution in [-0.4, -0.2) is 28.2 Å². The number of nitrogens with one attached hydrogen (secondary N) is 2. The Morgan fingerprint density at radius 3 is 2.83 bits per heavy atom. The van der Waals surface area contributed by atoms with E-state index < -0.39 is 17.5 Å². The molecular formula is C15H12F2N4O2S. The predicted molar refractivity (Wildman–Crippen MR) is 84.7 cm³/mol. The molecule has 0 saturated heterocycles. The zero-order valence-corrected chi connectivity index (χ0v) is 13.3. The Morgan fingerprint density at radius 1 is 1.38 bits per heavy atom. The number of rotatable bonds is 5. The number of anilines is 1. The summed E-state index contributed by atoms with van der Waals surface area (Å²) in [6.07, 6.45) is 0. The highest BCUT2D eigenvalue weighted by molar-refractivity contribution is 7.09. The van der Waals surface area contributed by atoms with E-state index in [0.717, 1.165) is 12.1 Å². The van der Waals surface area contributed by atoms with Crippen LogP contribution in [0.2, 0.25) is 0 Å². The molecule has 0 aliphatic rings. The minimum absolute atomic E-state index is 0.124. The van der Waals surface area contributed by atoms with Gasteiger partial charge in [0.15, 0.2) is 5.82 Å². The highest BCUT2D eigenvalue weighted by Crippen LogP contribution is 2.26. The lowest BCUT2D eigenvalue weighted by Gasteiger charge is -2.00. The maximum Gasteiger partial charge on any atom is 0.276 e. The van der Waals surface area contributed by atoms with Gasteiger partial charge in [-0.15, -0.1) is 11.3 Å². The van der Waals surface area contributed by atoms with Crippen LogP contribution in [0.15, 0.2) is 29.6 Å². The molecular weight excluding hydrogens is 338 g/mol. The summed E-state index contributed by atoms with van der Waals surface area (Å²) >= 11 is 1.29. The first-order valence-corrected chi connectivity index (χ1v) is 7.71. The van der Waals surface area contributed by atoms with Crippen LogP contribution in [0.4, 0.5) is 14.6 Å². The standard InChI is InChI=1S/C15H12F2N4O2S/c1-23-6-13-18-11(7-24-13)15(22)19-12-5-10(20-21-12)14-8(16)3-2-4-9(14)17/h2-5,7H,6H2,1H3,(H2,19,20,21,22). The lowest BCUT2D eigenvalue weighted by Crippen LogP contribution is -2.12. The third-order valence-corrected chi connectivity index (χ3v) is 3.93. The number of amides is 1. The van der Waals surface area contributed by atoms with Crippen molar-refractivity contribution < 1.29 is 18.3 Å². The summed E-state index contributed by atoms with van der Waals surface area (Å²) in [7, 11) is 1.54. The molecule has 6 nitrogen and oxygen atoms in total. The van der Waals surface area contributed by atoms with Crippen molar-refractivity contribution in [2.24, 2.45) is 0 Å². The molecule has 2 aromatic heterocycles. The number of thiazole rings is 1. The molecule has 24 heavy (non-hydrogen) atoms. The molecule has 0 atom stereocenters. The predicted octanol–water partition coefficient (Wildman–Crippen LogP) is 3.21. The van der Waals surface area contributed by atoms with Crippen LogP contribution in [0.3, 0.4) is 0 Å². The summed E-state index contributed by atoms with van der Waals surface area (Å²) in [6.45, 7) is 0.317. The number of hydrogen-bond acceptors (Lipinski definition) is 5. The lowest BCUT2D eigenvalue weighted by atomic mass is 10.1. The number of ether oxygens (including phenoxy) is 1. The fraction of sp³-hybridized carbons (Fsp3) is 0.133. The molecule has 1 amide bonds. The summed E-state index contributed by atoms with van der Waals surface area (Å²) in [5.41, 5.74) is 0.106. The number of benzene rings is 1. The zero-order chi connectivity index (χ0) is 17.1. The van der Waals surface area contributed by atoms with Crippen molar-refractivity contribution in [3.05, 3.63) is 52.0 Å². The van der Waals surface area contributed by atoms with E-state index in [1.165, 1.54) is 30.6 Å². The van der Waals surface area contributed by atoms with Gasteiger partial charge in [0.1, 0.15) is 22.3 Å². The maximum absolute atomic E-state index is 13.8. The van der Waals surface area contributed by atoms with Crippen molar-refractivity contribution in [3.63, 3.8) is 0 Å². The minimum Gasteiger partial charge on any atom is -0.378 e. The van der Waals surface area contributed by atoms with Crippen LogP contribution in [0.1, 0.15) is 15.5 Å². The molecule has 9 heteroatoms. The van der Waals surface area contributed by atoms with Gasteiger partial charge >= 0.3 is 0 Å². The smallest absolute Gasteiger partial charge is 0.276 e. The molecule has 0 unspecified atom stereocenters. The number of H-pyrrole nitrogens is 1. The Bertz CT molecular complexity index is 858.